The Bertz CT molecular complexity index is 1170. The fraction of sp³-hybridized carbons (Fsp3) is 0.217. The van der Waals surface area contributed by atoms with Crippen LogP contribution in [0, 0.1) is 0 Å². The van der Waals surface area contributed by atoms with Gasteiger partial charge >= 0.3 is 0 Å². The molecule has 0 spiro atoms. The maximum absolute atomic E-state index is 13.3. The molecule has 2 N–H and O–H groups in total. The highest BCUT2D eigenvalue weighted by molar-refractivity contribution is 6.31. The molecule has 1 unspecified atom stereocenters. The van der Waals surface area contributed by atoms with Crippen LogP contribution in [0.25, 0.3) is 0 Å². The van der Waals surface area contributed by atoms with E-state index in [1.165, 1.54) is 19.3 Å². The number of hydrogen-bond acceptors (Lipinski definition) is 6. The number of ketones is 1. The summed E-state index contributed by atoms with van der Waals surface area (Å²) < 4.78 is 0. The first kappa shape index (κ1) is 22.0. The predicted octanol–water partition coefficient (Wildman–Crippen LogP) is 4.27. The first-order valence-electron chi connectivity index (χ1n) is 10.0. The van der Waals surface area contributed by atoms with Gasteiger partial charge in [0.15, 0.2) is 11.6 Å². The van der Waals surface area contributed by atoms with Crippen molar-refractivity contribution in [2.24, 2.45) is 0 Å². The molecule has 0 saturated carbocycles. The number of anilines is 2. The van der Waals surface area contributed by atoms with Gasteiger partial charge in [-0.05, 0) is 36.8 Å². The number of carbonyl (C=O) groups is 2. The monoisotopic (exact) mass is 469 g/mol. The average molecular weight is 470 g/mol. The summed E-state index contributed by atoms with van der Waals surface area (Å²) in [4.78, 5) is 37.7. The van der Waals surface area contributed by atoms with Crippen molar-refractivity contribution in [1.29, 1.82) is 0 Å². The minimum absolute atomic E-state index is 0.179. The highest BCUT2D eigenvalue weighted by atomic mass is 35.5. The zero-order chi connectivity index (χ0) is 22.8. The summed E-state index contributed by atoms with van der Waals surface area (Å²) in [6, 6.07) is 10.5. The van der Waals surface area contributed by atoms with Gasteiger partial charge in [0.1, 0.15) is 0 Å². The summed E-state index contributed by atoms with van der Waals surface area (Å²) in [5.74, 6) is 0.188. The molecule has 1 fully saturated rings. The van der Waals surface area contributed by atoms with Gasteiger partial charge in [0.05, 0.1) is 22.3 Å². The standard InChI is InChI=1S/C23H21Cl2N5O2/c1-14(31)18-6-7-27-12-19(18)23(32)29-8-9-30(22-20(26)10-17(25)11-28-22)21(13-29)15-2-4-16(24)5-3-15/h2-7,10-12,21H,8-9,13,26H2,1H3. The molecule has 1 saturated heterocycles. The third-order valence-corrected chi connectivity index (χ3v) is 5.95. The number of nitrogens with zero attached hydrogens (tertiary/aromatic N) is 4. The summed E-state index contributed by atoms with van der Waals surface area (Å²) >= 11 is 12.1. The fourth-order valence-corrected chi connectivity index (χ4v) is 4.21. The van der Waals surface area contributed by atoms with Gasteiger partial charge in [-0.25, -0.2) is 4.98 Å². The van der Waals surface area contributed by atoms with E-state index in [0.717, 1.165) is 5.56 Å². The topological polar surface area (TPSA) is 92.4 Å². The van der Waals surface area contributed by atoms with E-state index in [1.807, 2.05) is 24.3 Å². The molecule has 3 aromatic rings. The van der Waals surface area contributed by atoms with E-state index in [4.69, 9.17) is 28.9 Å². The van der Waals surface area contributed by atoms with Crippen LogP contribution in [0.1, 0.15) is 39.2 Å². The van der Waals surface area contributed by atoms with Crippen LogP contribution in [0.5, 0.6) is 0 Å². The lowest BCUT2D eigenvalue weighted by Gasteiger charge is -2.42. The highest BCUT2D eigenvalue weighted by Crippen LogP contribution is 2.34. The molecule has 164 valence electrons. The number of benzene rings is 1. The van der Waals surface area contributed by atoms with E-state index in [2.05, 4.69) is 14.9 Å². The van der Waals surface area contributed by atoms with Gasteiger partial charge in [0.25, 0.3) is 5.91 Å². The van der Waals surface area contributed by atoms with E-state index in [0.29, 0.717) is 52.3 Å². The van der Waals surface area contributed by atoms with E-state index in [-0.39, 0.29) is 17.7 Å². The molecule has 32 heavy (non-hydrogen) atoms. The zero-order valence-corrected chi connectivity index (χ0v) is 18.8. The number of amides is 1. The van der Waals surface area contributed by atoms with Gasteiger partial charge in [-0.15, -0.1) is 0 Å². The number of aromatic nitrogens is 2. The molecule has 9 heteroatoms. The molecule has 0 aliphatic carbocycles. The van der Waals surface area contributed by atoms with Gasteiger partial charge in [-0.3, -0.25) is 14.6 Å². The van der Waals surface area contributed by atoms with E-state index in [1.54, 1.807) is 23.2 Å². The highest BCUT2D eigenvalue weighted by Gasteiger charge is 2.33. The van der Waals surface area contributed by atoms with Crippen molar-refractivity contribution in [3.8, 4) is 0 Å². The van der Waals surface area contributed by atoms with Crippen molar-refractivity contribution < 1.29 is 9.59 Å². The normalized spacial score (nSPS) is 16.2. The van der Waals surface area contributed by atoms with Gasteiger partial charge in [-0.1, -0.05) is 35.3 Å². The van der Waals surface area contributed by atoms with Crippen LogP contribution >= 0.6 is 23.2 Å². The first-order valence-corrected chi connectivity index (χ1v) is 10.8. The minimum Gasteiger partial charge on any atom is -0.396 e. The fourth-order valence-electron chi connectivity index (χ4n) is 3.92. The molecular formula is C23H21Cl2N5O2. The summed E-state index contributed by atoms with van der Waals surface area (Å²) in [6.07, 6.45) is 4.51. The number of nitrogen functional groups attached to an aromatic ring is 1. The van der Waals surface area contributed by atoms with Crippen LogP contribution in [0.4, 0.5) is 11.5 Å². The van der Waals surface area contributed by atoms with Crippen molar-refractivity contribution in [3.63, 3.8) is 0 Å². The third kappa shape index (κ3) is 4.40. The molecule has 1 aromatic carbocycles. The third-order valence-electron chi connectivity index (χ3n) is 5.49. The Morgan fingerprint density at radius 3 is 2.47 bits per heavy atom. The lowest BCUT2D eigenvalue weighted by molar-refractivity contribution is 0.0717. The first-order chi connectivity index (χ1) is 15.3. The number of hydrogen-bond donors (Lipinski definition) is 1. The molecule has 1 aliphatic heterocycles. The molecular weight excluding hydrogens is 449 g/mol. The molecule has 7 nitrogen and oxygen atoms in total. The number of carbonyl (C=O) groups excluding carboxylic acids is 2. The molecule has 0 radical (unpaired) electrons. The Morgan fingerprint density at radius 2 is 1.78 bits per heavy atom. The van der Waals surface area contributed by atoms with Crippen molar-refractivity contribution in [3.05, 3.63) is 81.7 Å². The molecule has 4 rings (SSSR count). The van der Waals surface area contributed by atoms with Gasteiger partial charge in [-0.2, -0.15) is 0 Å². The van der Waals surface area contributed by atoms with Crippen molar-refractivity contribution in [2.75, 3.05) is 30.3 Å². The zero-order valence-electron chi connectivity index (χ0n) is 17.3. The average Bonchev–Trinajstić information content (AvgIpc) is 2.79. The smallest absolute Gasteiger partial charge is 0.256 e. The Labute approximate surface area is 195 Å². The Morgan fingerprint density at radius 1 is 1.03 bits per heavy atom. The van der Waals surface area contributed by atoms with Gasteiger partial charge in [0.2, 0.25) is 0 Å². The lowest BCUT2D eigenvalue weighted by Crippen LogP contribution is -2.51. The van der Waals surface area contributed by atoms with Crippen LogP contribution in [-0.4, -0.2) is 46.2 Å². The number of rotatable bonds is 4. The van der Waals surface area contributed by atoms with Crippen LogP contribution in [0.3, 0.4) is 0 Å². The molecule has 1 aliphatic rings. The van der Waals surface area contributed by atoms with Crippen LogP contribution in [-0.2, 0) is 0 Å². The summed E-state index contributed by atoms with van der Waals surface area (Å²) in [6.45, 7) is 2.73. The minimum atomic E-state index is -0.237. The van der Waals surface area contributed by atoms with Crippen LogP contribution in [0.2, 0.25) is 10.0 Å². The number of halogens is 2. The predicted molar refractivity (Wildman–Crippen MR) is 125 cm³/mol. The molecule has 1 atom stereocenters. The summed E-state index contributed by atoms with van der Waals surface area (Å²) in [5, 5.41) is 1.08. The second kappa shape index (κ2) is 9.14. The quantitative estimate of drug-likeness (QED) is 0.573. The van der Waals surface area contributed by atoms with Gasteiger partial charge in [0, 0.05) is 48.8 Å². The second-order valence-corrected chi connectivity index (χ2v) is 8.43. The number of piperazine rings is 1. The maximum atomic E-state index is 13.3. The largest absolute Gasteiger partial charge is 0.396 e. The summed E-state index contributed by atoms with van der Waals surface area (Å²) in [7, 11) is 0. The number of pyridine rings is 2. The SMILES string of the molecule is CC(=O)c1ccncc1C(=O)N1CCN(c2ncc(Cl)cc2N)C(c2ccc(Cl)cc2)C1. The van der Waals surface area contributed by atoms with E-state index >= 15 is 0 Å². The van der Waals surface area contributed by atoms with Crippen molar-refractivity contribution in [2.45, 2.75) is 13.0 Å². The maximum Gasteiger partial charge on any atom is 0.256 e. The second-order valence-electron chi connectivity index (χ2n) is 7.56. The van der Waals surface area contributed by atoms with Crippen LogP contribution in [0.15, 0.2) is 55.0 Å². The van der Waals surface area contributed by atoms with Crippen molar-refractivity contribution in [1.82, 2.24) is 14.9 Å². The lowest BCUT2D eigenvalue weighted by atomic mass is 10.00. The Hall–Kier alpha value is -3.16. The van der Waals surface area contributed by atoms with E-state index in [9.17, 15) is 9.59 Å². The molecule has 3 heterocycles. The molecule has 2 aromatic heterocycles. The molecule has 1 amide bonds. The van der Waals surface area contributed by atoms with Gasteiger partial charge < -0.3 is 15.5 Å². The Kier molecular flexibility index (Phi) is 6.30. The van der Waals surface area contributed by atoms with Crippen LogP contribution < -0.4 is 10.6 Å². The summed E-state index contributed by atoms with van der Waals surface area (Å²) in [5.41, 5.74) is 8.30. The van der Waals surface area contributed by atoms with Crippen molar-refractivity contribution >= 4 is 46.4 Å². The van der Waals surface area contributed by atoms with E-state index < -0.39 is 0 Å². The Balaban J connectivity index is 1.70. The molecule has 0 bridgehead atoms. The number of Topliss-reactive ketones (excluding diaryl/α,β-unsaturated/α-hetero) is 1. The number of nitrogens with two attached hydrogens (primary N) is 1.